The lowest BCUT2D eigenvalue weighted by Gasteiger charge is -2.37. The van der Waals surface area contributed by atoms with Crippen LogP contribution in [0.3, 0.4) is 0 Å². The van der Waals surface area contributed by atoms with Gasteiger partial charge in [0.1, 0.15) is 11.9 Å². The number of carbonyl (C=O) groups excluding carboxylic acids is 1. The van der Waals surface area contributed by atoms with Crippen molar-refractivity contribution < 1.29 is 13.9 Å². The second-order valence-corrected chi connectivity index (χ2v) is 4.98. The molecule has 2 atom stereocenters. The zero-order valence-electron chi connectivity index (χ0n) is 11.2. The van der Waals surface area contributed by atoms with E-state index < -0.39 is 6.04 Å². The quantitative estimate of drug-likeness (QED) is 0.894. The number of rotatable bonds is 3. The molecule has 0 radical (unpaired) electrons. The first-order chi connectivity index (χ1) is 8.99. The Kier molecular flexibility index (Phi) is 4.17. The standard InChI is InChI=1S/C14H19FN2O2/c1-9-7-11(3-4-12(9)15)8-17-5-6-19-10(2)13(17)14(16)18/h3-4,7,10,13H,5-6,8H2,1-2H3,(H2,16,18)/t10-,13+/m1/s1. The van der Waals surface area contributed by atoms with E-state index in [-0.39, 0.29) is 17.8 Å². The van der Waals surface area contributed by atoms with Crippen LogP contribution in [0, 0.1) is 12.7 Å². The Morgan fingerprint density at radius 3 is 2.95 bits per heavy atom. The molecule has 0 aliphatic carbocycles. The van der Waals surface area contributed by atoms with Gasteiger partial charge < -0.3 is 10.5 Å². The molecule has 0 saturated carbocycles. The molecule has 1 aromatic carbocycles. The van der Waals surface area contributed by atoms with Crippen LogP contribution in [-0.2, 0) is 16.1 Å². The summed E-state index contributed by atoms with van der Waals surface area (Å²) < 4.78 is 18.7. The highest BCUT2D eigenvalue weighted by atomic mass is 19.1. The predicted molar refractivity (Wildman–Crippen MR) is 69.9 cm³/mol. The Balaban J connectivity index is 2.15. The zero-order valence-corrected chi connectivity index (χ0v) is 11.2. The van der Waals surface area contributed by atoms with Gasteiger partial charge in [0.05, 0.1) is 12.7 Å². The number of aryl methyl sites for hydroxylation is 1. The number of nitrogens with two attached hydrogens (primary N) is 1. The molecule has 2 N–H and O–H groups in total. The monoisotopic (exact) mass is 266 g/mol. The maximum atomic E-state index is 13.2. The molecule has 1 saturated heterocycles. The number of morpholine rings is 1. The number of hydrogen-bond donors (Lipinski definition) is 1. The molecule has 1 aliphatic rings. The molecular formula is C14H19FN2O2. The Labute approximate surface area is 112 Å². The largest absolute Gasteiger partial charge is 0.375 e. The molecule has 1 fully saturated rings. The number of halogens is 1. The van der Waals surface area contributed by atoms with Crippen molar-refractivity contribution in [1.82, 2.24) is 4.90 Å². The number of carbonyl (C=O) groups is 1. The Morgan fingerprint density at radius 2 is 2.32 bits per heavy atom. The number of benzene rings is 1. The molecule has 19 heavy (non-hydrogen) atoms. The van der Waals surface area contributed by atoms with Crippen molar-refractivity contribution >= 4 is 5.91 Å². The second kappa shape index (κ2) is 5.67. The SMILES string of the molecule is Cc1cc(CN2CCO[C@H](C)[C@H]2C(N)=O)ccc1F. The second-order valence-electron chi connectivity index (χ2n) is 4.98. The molecule has 0 unspecified atom stereocenters. The fourth-order valence-corrected chi connectivity index (χ4v) is 2.51. The van der Waals surface area contributed by atoms with Crippen molar-refractivity contribution in [2.45, 2.75) is 32.5 Å². The van der Waals surface area contributed by atoms with Crippen molar-refractivity contribution in [2.75, 3.05) is 13.2 Å². The van der Waals surface area contributed by atoms with Gasteiger partial charge in [0.15, 0.2) is 0 Å². The number of ether oxygens (including phenoxy) is 1. The predicted octanol–water partition coefficient (Wildman–Crippen LogP) is 1.21. The van der Waals surface area contributed by atoms with Gasteiger partial charge in [-0.1, -0.05) is 12.1 Å². The molecule has 0 aromatic heterocycles. The third kappa shape index (κ3) is 3.11. The highest BCUT2D eigenvalue weighted by Gasteiger charge is 2.33. The fourth-order valence-electron chi connectivity index (χ4n) is 2.51. The van der Waals surface area contributed by atoms with Gasteiger partial charge in [-0.3, -0.25) is 9.69 Å². The molecule has 1 amide bonds. The van der Waals surface area contributed by atoms with E-state index in [1.165, 1.54) is 6.07 Å². The molecule has 104 valence electrons. The van der Waals surface area contributed by atoms with E-state index in [4.69, 9.17) is 10.5 Å². The summed E-state index contributed by atoms with van der Waals surface area (Å²) in [5.41, 5.74) is 7.01. The third-order valence-corrected chi connectivity index (χ3v) is 3.50. The van der Waals surface area contributed by atoms with Crippen LogP contribution in [-0.4, -0.2) is 36.1 Å². The van der Waals surface area contributed by atoms with Crippen LogP contribution in [0.4, 0.5) is 4.39 Å². The Bertz CT molecular complexity index is 479. The minimum absolute atomic E-state index is 0.215. The van der Waals surface area contributed by atoms with Crippen LogP contribution in [0.2, 0.25) is 0 Å². The Morgan fingerprint density at radius 1 is 1.58 bits per heavy atom. The van der Waals surface area contributed by atoms with Crippen LogP contribution >= 0.6 is 0 Å². The van der Waals surface area contributed by atoms with Gasteiger partial charge in [-0.2, -0.15) is 0 Å². The first-order valence-corrected chi connectivity index (χ1v) is 6.39. The van der Waals surface area contributed by atoms with Gasteiger partial charge in [0.2, 0.25) is 5.91 Å². The van der Waals surface area contributed by atoms with Crippen LogP contribution in [0.5, 0.6) is 0 Å². The van der Waals surface area contributed by atoms with Gasteiger partial charge in [-0.15, -0.1) is 0 Å². The third-order valence-electron chi connectivity index (χ3n) is 3.50. The molecule has 1 aliphatic heterocycles. The van der Waals surface area contributed by atoms with E-state index in [2.05, 4.69) is 0 Å². The summed E-state index contributed by atoms with van der Waals surface area (Å²) in [6.07, 6.45) is -0.215. The normalized spacial score (nSPS) is 24.4. The van der Waals surface area contributed by atoms with Crippen molar-refractivity contribution in [3.05, 3.63) is 35.1 Å². The van der Waals surface area contributed by atoms with E-state index >= 15 is 0 Å². The summed E-state index contributed by atoms with van der Waals surface area (Å²) >= 11 is 0. The number of amides is 1. The zero-order chi connectivity index (χ0) is 14.0. The highest BCUT2D eigenvalue weighted by Crippen LogP contribution is 2.18. The molecule has 1 heterocycles. The van der Waals surface area contributed by atoms with Gasteiger partial charge in [-0.25, -0.2) is 4.39 Å². The van der Waals surface area contributed by atoms with Gasteiger partial charge in [-0.05, 0) is 31.0 Å². The minimum Gasteiger partial charge on any atom is -0.375 e. The molecule has 0 spiro atoms. The average Bonchev–Trinajstić information content (AvgIpc) is 2.33. The summed E-state index contributed by atoms with van der Waals surface area (Å²) in [4.78, 5) is 13.5. The Hall–Kier alpha value is -1.46. The molecule has 2 rings (SSSR count). The smallest absolute Gasteiger partial charge is 0.237 e. The van der Waals surface area contributed by atoms with Crippen molar-refractivity contribution in [3.8, 4) is 0 Å². The molecule has 4 nitrogen and oxygen atoms in total. The van der Waals surface area contributed by atoms with E-state index in [0.717, 1.165) is 5.56 Å². The minimum atomic E-state index is -0.431. The first kappa shape index (κ1) is 14.0. The molecule has 5 heteroatoms. The number of primary amides is 1. The lowest BCUT2D eigenvalue weighted by molar-refractivity contribution is -0.136. The van der Waals surface area contributed by atoms with Crippen LogP contribution in [0.15, 0.2) is 18.2 Å². The molecular weight excluding hydrogens is 247 g/mol. The maximum Gasteiger partial charge on any atom is 0.237 e. The number of hydrogen-bond acceptors (Lipinski definition) is 3. The highest BCUT2D eigenvalue weighted by molar-refractivity contribution is 5.80. The van der Waals surface area contributed by atoms with Crippen LogP contribution < -0.4 is 5.73 Å². The molecule has 1 aromatic rings. The number of nitrogens with zero attached hydrogens (tertiary/aromatic N) is 1. The maximum absolute atomic E-state index is 13.2. The van der Waals surface area contributed by atoms with Crippen LogP contribution in [0.25, 0.3) is 0 Å². The van der Waals surface area contributed by atoms with E-state index in [9.17, 15) is 9.18 Å². The van der Waals surface area contributed by atoms with Gasteiger partial charge in [0.25, 0.3) is 0 Å². The fraction of sp³-hybridized carbons (Fsp3) is 0.500. The van der Waals surface area contributed by atoms with Crippen molar-refractivity contribution in [1.29, 1.82) is 0 Å². The van der Waals surface area contributed by atoms with E-state index in [1.54, 1.807) is 19.1 Å². The van der Waals surface area contributed by atoms with Crippen molar-refractivity contribution in [3.63, 3.8) is 0 Å². The summed E-state index contributed by atoms with van der Waals surface area (Å²) in [5.74, 6) is -0.600. The summed E-state index contributed by atoms with van der Waals surface area (Å²) in [7, 11) is 0. The summed E-state index contributed by atoms with van der Waals surface area (Å²) in [6, 6.07) is 4.56. The van der Waals surface area contributed by atoms with Crippen molar-refractivity contribution in [2.24, 2.45) is 5.73 Å². The first-order valence-electron chi connectivity index (χ1n) is 6.39. The topological polar surface area (TPSA) is 55.6 Å². The van der Waals surface area contributed by atoms with Gasteiger partial charge in [0, 0.05) is 13.1 Å². The average molecular weight is 266 g/mol. The lowest BCUT2D eigenvalue weighted by atomic mass is 10.1. The van der Waals surface area contributed by atoms with E-state index in [1.807, 2.05) is 11.8 Å². The molecule has 0 bridgehead atoms. The summed E-state index contributed by atoms with van der Waals surface area (Å²) in [6.45, 7) is 5.37. The van der Waals surface area contributed by atoms with Gasteiger partial charge >= 0.3 is 0 Å². The summed E-state index contributed by atoms with van der Waals surface area (Å²) in [5, 5.41) is 0. The lowest BCUT2D eigenvalue weighted by Crippen LogP contribution is -2.56. The van der Waals surface area contributed by atoms with Crippen LogP contribution in [0.1, 0.15) is 18.1 Å². The van der Waals surface area contributed by atoms with E-state index in [0.29, 0.717) is 25.3 Å².